The molecule has 0 fully saturated rings. The predicted octanol–water partition coefficient (Wildman–Crippen LogP) is 2.26. The highest BCUT2D eigenvalue weighted by Crippen LogP contribution is 2.16. The molecule has 0 amide bonds. The average molecular weight is 194 g/mol. The highest BCUT2D eigenvalue weighted by atomic mass is 79.9. The minimum absolute atomic E-state index is 0.0295. The van der Waals surface area contributed by atoms with Crippen LogP contribution in [0.25, 0.3) is 0 Å². The molecule has 0 spiro atoms. The van der Waals surface area contributed by atoms with E-state index in [1.54, 1.807) is 0 Å². The number of rotatable bonds is 1. The molecule has 0 heterocycles. The van der Waals surface area contributed by atoms with Crippen LogP contribution >= 0.6 is 15.9 Å². The zero-order chi connectivity index (χ0) is 7.49. The molecule has 54 valence electrons. The van der Waals surface area contributed by atoms with Gasteiger partial charge in [-0.3, -0.25) is 0 Å². The van der Waals surface area contributed by atoms with E-state index in [1.807, 2.05) is 20.8 Å². The number of nitrogens with zero attached hydrogens (tertiary/aromatic N) is 1. The smallest absolute Gasteiger partial charge is 0.0729 e. The van der Waals surface area contributed by atoms with E-state index in [2.05, 4.69) is 21.1 Å². The van der Waals surface area contributed by atoms with Crippen molar-refractivity contribution in [2.45, 2.75) is 20.8 Å². The number of alkyl halides is 1. The molecule has 0 bridgehead atoms. The molecule has 0 aliphatic heterocycles. The second-order valence-corrected chi connectivity index (χ2v) is 3.49. The van der Waals surface area contributed by atoms with Gasteiger partial charge in [-0.1, -0.05) is 41.9 Å². The Morgan fingerprint density at radius 1 is 1.56 bits per heavy atom. The van der Waals surface area contributed by atoms with Crippen molar-refractivity contribution in [3.63, 3.8) is 0 Å². The number of oxime groups is 1. The van der Waals surface area contributed by atoms with E-state index in [4.69, 9.17) is 5.21 Å². The van der Waals surface area contributed by atoms with Crippen molar-refractivity contribution in [1.29, 1.82) is 0 Å². The summed E-state index contributed by atoms with van der Waals surface area (Å²) < 4.78 is 0. The Kier molecular flexibility index (Phi) is 3.18. The van der Waals surface area contributed by atoms with Crippen LogP contribution < -0.4 is 0 Å². The summed E-state index contributed by atoms with van der Waals surface area (Å²) >= 11 is 3.22. The highest BCUT2D eigenvalue weighted by Gasteiger charge is 2.17. The van der Waals surface area contributed by atoms with Crippen molar-refractivity contribution >= 4 is 21.6 Å². The quantitative estimate of drug-likeness (QED) is 0.295. The van der Waals surface area contributed by atoms with Crippen LogP contribution in [0.1, 0.15) is 20.8 Å². The van der Waals surface area contributed by atoms with Crippen molar-refractivity contribution in [2.75, 3.05) is 5.33 Å². The van der Waals surface area contributed by atoms with Crippen LogP contribution in [0.5, 0.6) is 0 Å². The number of halogens is 1. The Labute approximate surface area is 64.1 Å². The molecular formula is C6H12BrNO. The molecule has 0 aromatic heterocycles. The Balaban J connectivity index is 4.14. The lowest BCUT2D eigenvalue weighted by Crippen LogP contribution is -2.21. The van der Waals surface area contributed by atoms with Crippen molar-refractivity contribution in [1.82, 2.24) is 0 Å². The molecular weight excluding hydrogens is 182 g/mol. The molecule has 0 aliphatic rings. The van der Waals surface area contributed by atoms with Gasteiger partial charge in [-0.15, -0.1) is 0 Å². The highest BCUT2D eigenvalue weighted by molar-refractivity contribution is 9.09. The van der Waals surface area contributed by atoms with Gasteiger partial charge >= 0.3 is 0 Å². The maximum Gasteiger partial charge on any atom is 0.0729 e. The van der Waals surface area contributed by atoms with Gasteiger partial charge in [-0.25, -0.2) is 0 Å². The SMILES string of the molecule is CC(C)(C)C(CBr)=NO. The van der Waals surface area contributed by atoms with Crippen LogP contribution in [0.2, 0.25) is 0 Å². The molecule has 0 saturated heterocycles. The van der Waals surface area contributed by atoms with Gasteiger partial charge in [0.2, 0.25) is 0 Å². The Bertz CT molecular complexity index is 115. The molecule has 9 heavy (non-hydrogen) atoms. The predicted molar refractivity (Wildman–Crippen MR) is 42.5 cm³/mol. The number of hydrogen-bond donors (Lipinski definition) is 1. The van der Waals surface area contributed by atoms with Crippen LogP contribution in [0.15, 0.2) is 5.16 Å². The molecule has 0 radical (unpaired) electrons. The zero-order valence-corrected chi connectivity index (χ0v) is 7.57. The lowest BCUT2D eigenvalue weighted by molar-refractivity contribution is 0.311. The molecule has 1 N–H and O–H groups in total. The zero-order valence-electron chi connectivity index (χ0n) is 5.98. The monoisotopic (exact) mass is 193 g/mol. The fourth-order valence-corrected chi connectivity index (χ4v) is 1.33. The molecule has 0 aromatic rings. The summed E-state index contributed by atoms with van der Waals surface area (Å²) in [5.41, 5.74) is 0.737. The summed E-state index contributed by atoms with van der Waals surface area (Å²) in [6, 6.07) is 0. The Morgan fingerprint density at radius 2 is 2.00 bits per heavy atom. The summed E-state index contributed by atoms with van der Waals surface area (Å²) in [5, 5.41) is 12.2. The van der Waals surface area contributed by atoms with Crippen molar-refractivity contribution < 1.29 is 5.21 Å². The number of hydrogen-bond acceptors (Lipinski definition) is 2. The summed E-state index contributed by atoms with van der Waals surface area (Å²) in [4.78, 5) is 0. The van der Waals surface area contributed by atoms with Crippen LogP contribution in [0.4, 0.5) is 0 Å². The van der Waals surface area contributed by atoms with E-state index in [0.29, 0.717) is 5.33 Å². The fourth-order valence-electron chi connectivity index (χ4n) is 0.377. The first-order valence-corrected chi connectivity index (χ1v) is 3.92. The van der Waals surface area contributed by atoms with Crippen LogP contribution in [-0.2, 0) is 0 Å². The normalized spacial score (nSPS) is 14.0. The topological polar surface area (TPSA) is 32.6 Å². The van der Waals surface area contributed by atoms with E-state index in [0.717, 1.165) is 5.71 Å². The van der Waals surface area contributed by atoms with Crippen LogP contribution in [0, 0.1) is 5.41 Å². The third-order valence-electron chi connectivity index (χ3n) is 1.11. The van der Waals surface area contributed by atoms with E-state index in [-0.39, 0.29) is 5.41 Å². The largest absolute Gasteiger partial charge is 0.411 e. The molecule has 0 unspecified atom stereocenters. The fraction of sp³-hybridized carbons (Fsp3) is 0.833. The molecule has 2 nitrogen and oxygen atoms in total. The van der Waals surface area contributed by atoms with Gasteiger partial charge in [0.15, 0.2) is 0 Å². The summed E-state index contributed by atoms with van der Waals surface area (Å²) in [6.45, 7) is 6.01. The first kappa shape index (κ1) is 8.95. The van der Waals surface area contributed by atoms with Gasteiger partial charge in [-0.05, 0) is 0 Å². The summed E-state index contributed by atoms with van der Waals surface area (Å²) in [6.07, 6.45) is 0. The molecule has 0 atom stereocenters. The van der Waals surface area contributed by atoms with Gasteiger partial charge in [0.1, 0.15) is 0 Å². The van der Waals surface area contributed by atoms with Gasteiger partial charge < -0.3 is 5.21 Å². The standard InChI is InChI=1S/C6H12BrNO/c1-6(2,3)5(4-7)8-9/h9H,4H2,1-3H3. The van der Waals surface area contributed by atoms with Crippen LogP contribution in [0.3, 0.4) is 0 Å². The van der Waals surface area contributed by atoms with Gasteiger partial charge in [0.05, 0.1) is 5.71 Å². The third kappa shape index (κ3) is 2.84. The third-order valence-corrected chi connectivity index (χ3v) is 1.64. The lowest BCUT2D eigenvalue weighted by atomic mass is 9.91. The van der Waals surface area contributed by atoms with Crippen molar-refractivity contribution in [3.8, 4) is 0 Å². The lowest BCUT2D eigenvalue weighted by Gasteiger charge is -2.17. The van der Waals surface area contributed by atoms with Crippen molar-refractivity contribution in [2.24, 2.45) is 10.6 Å². The first-order chi connectivity index (χ1) is 4.02. The second kappa shape index (κ2) is 3.20. The molecule has 0 rings (SSSR count). The summed E-state index contributed by atoms with van der Waals surface area (Å²) in [5.74, 6) is 0. The average Bonchev–Trinajstić information content (AvgIpc) is 1.65. The molecule has 0 saturated carbocycles. The maximum atomic E-state index is 8.42. The molecule has 0 aliphatic carbocycles. The molecule has 0 aromatic carbocycles. The van der Waals surface area contributed by atoms with E-state index in [9.17, 15) is 0 Å². The van der Waals surface area contributed by atoms with Crippen molar-refractivity contribution in [3.05, 3.63) is 0 Å². The maximum absolute atomic E-state index is 8.42. The van der Waals surface area contributed by atoms with E-state index >= 15 is 0 Å². The van der Waals surface area contributed by atoms with Crippen LogP contribution in [-0.4, -0.2) is 16.2 Å². The minimum atomic E-state index is -0.0295. The van der Waals surface area contributed by atoms with E-state index in [1.165, 1.54) is 0 Å². The van der Waals surface area contributed by atoms with Gasteiger partial charge in [0.25, 0.3) is 0 Å². The molecule has 3 heteroatoms. The first-order valence-electron chi connectivity index (χ1n) is 2.79. The van der Waals surface area contributed by atoms with Gasteiger partial charge in [-0.2, -0.15) is 0 Å². The summed E-state index contributed by atoms with van der Waals surface area (Å²) in [7, 11) is 0. The Hall–Kier alpha value is -0.0500. The minimum Gasteiger partial charge on any atom is -0.411 e. The van der Waals surface area contributed by atoms with Gasteiger partial charge in [0, 0.05) is 10.7 Å². The Morgan fingerprint density at radius 3 is 2.00 bits per heavy atom. The second-order valence-electron chi connectivity index (χ2n) is 2.93. The van der Waals surface area contributed by atoms with E-state index < -0.39 is 0 Å².